The van der Waals surface area contributed by atoms with Crippen LogP contribution in [0.5, 0.6) is 0 Å². The molecule has 7 nitrogen and oxygen atoms in total. The van der Waals surface area contributed by atoms with Gasteiger partial charge in [-0.15, -0.1) is 0 Å². The third-order valence-corrected chi connectivity index (χ3v) is 3.65. The summed E-state index contributed by atoms with van der Waals surface area (Å²) in [7, 11) is 1.67. The van der Waals surface area contributed by atoms with E-state index in [-0.39, 0.29) is 12.5 Å². The van der Waals surface area contributed by atoms with Crippen LogP contribution in [0.4, 0.5) is 0 Å². The van der Waals surface area contributed by atoms with Crippen LogP contribution in [-0.4, -0.2) is 38.0 Å². The number of carbonyl (C=O) groups is 1. The molecule has 0 bridgehead atoms. The lowest BCUT2D eigenvalue weighted by Gasteiger charge is -2.14. The lowest BCUT2D eigenvalue weighted by atomic mass is 10.1. The minimum Gasteiger partial charge on any atom is -0.337 e. The molecule has 1 amide bonds. The molecule has 1 aromatic carbocycles. The maximum Gasteiger partial charge on any atom is 0.272 e. The molecule has 0 N–H and O–H groups in total. The zero-order chi connectivity index (χ0) is 18.0. The van der Waals surface area contributed by atoms with Crippen molar-refractivity contribution in [3.63, 3.8) is 0 Å². The van der Waals surface area contributed by atoms with Crippen molar-refractivity contribution in [2.45, 2.75) is 27.3 Å². The minimum atomic E-state index is -0.219. The highest BCUT2D eigenvalue weighted by atomic mass is 16.5. The first-order valence-electron chi connectivity index (χ1n) is 7.90. The van der Waals surface area contributed by atoms with E-state index in [0.717, 1.165) is 16.8 Å². The molecule has 0 radical (unpaired) electrons. The molecule has 7 heteroatoms. The lowest BCUT2D eigenvalue weighted by Crippen LogP contribution is -2.27. The van der Waals surface area contributed by atoms with E-state index in [1.54, 1.807) is 20.0 Å². The summed E-state index contributed by atoms with van der Waals surface area (Å²) in [4.78, 5) is 26.8. The fourth-order valence-corrected chi connectivity index (χ4v) is 2.52. The third-order valence-electron chi connectivity index (χ3n) is 3.65. The predicted octanol–water partition coefficient (Wildman–Crippen LogP) is 2.72. The van der Waals surface area contributed by atoms with Crippen LogP contribution in [0, 0.1) is 20.8 Å². The van der Waals surface area contributed by atoms with E-state index in [1.807, 2.05) is 38.1 Å². The lowest BCUT2D eigenvalue weighted by molar-refractivity contribution is 0.0763. The molecule has 0 atom stereocenters. The van der Waals surface area contributed by atoms with E-state index in [9.17, 15) is 4.79 Å². The smallest absolute Gasteiger partial charge is 0.272 e. The maximum atomic E-state index is 12.5. The van der Waals surface area contributed by atoms with Crippen LogP contribution in [0.1, 0.15) is 33.5 Å². The van der Waals surface area contributed by atoms with E-state index in [4.69, 9.17) is 4.52 Å². The molecule has 0 aliphatic carbocycles. The molecule has 3 aromatic rings. The van der Waals surface area contributed by atoms with Crippen molar-refractivity contribution < 1.29 is 9.32 Å². The highest BCUT2D eigenvalue weighted by Crippen LogP contribution is 2.17. The molecule has 0 aliphatic heterocycles. The van der Waals surface area contributed by atoms with Gasteiger partial charge in [-0.2, -0.15) is 4.98 Å². The molecule has 0 fully saturated rings. The number of rotatable bonds is 4. The van der Waals surface area contributed by atoms with Crippen molar-refractivity contribution in [3.8, 4) is 11.4 Å². The number of carbonyl (C=O) groups excluding carboxylic acids is 1. The Morgan fingerprint density at radius 2 is 1.92 bits per heavy atom. The zero-order valence-corrected chi connectivity index (χ0v) is 14.6. The fourth-order valence-electron chi connectivity index (χ4n) is 2.52. The molecule has 2 heterocycles. The Morgan fingerprint density at radius 1 is 1.12 bits per heavy atom. The van der Waals surface area contributed by atoms with Gasteiger partial charge in [-0.05, 0) is 32.9 Å². The summed E-state index contributed by atoms with van der Waals surface area (Å²) in [6.07, 6.45) is 0. The summed E-state index contributed by atoms with van der Waals surface area (Å²) in [6.45, 7) is 5.80. The van der Waals surface area contributed by atoms with E-state index in [0.29, 0.717) is 23.2 Å². The van der Waals surface area contributed by atoms with Crippen molar-refractivity contribution >= 4 is 5.91 Å². The minimum absolute atomic E-state index is 0.208. The fraction of sp³-hybridized carbons (Fsp3) is 0.278. The number of nitrogens with zero attached hydrogens (tertiary/aromatic N) is 5. The SMILES string of the molecule is Cc1cccc(-c2noc(CN(C)C(=O)c3cc(C)nc(C)n3)n2)c1. The molecule has 3 rings (SSSR count). The molecule has 128 valence electrons. The summed E-state index contributed by atoms with van der Waals surface area (Å²) >= 11 is 0. The second kappa shape index (κ2) is 6.80. The Balaban J connectivity index is 1.75. The van der Waals surface area contributed by atoms with Crippen LogP contribution in [-0.2, 0) is 6.54 Å². The molecule has 0 aliphatic rings. The van der Waals surface area contributed by atoms with Crippen molar-refractivity contribution in [1.29, 1.82) is 0 Å². The number of benzene rings is 1. The van der Waals surface area contributed by atoms with Crippen LogP contribution < -0.4 is 0 Å². The van der Waals surface area contributed by atoms with Crippen LogP contribution in [0.3, 0.4) is 0 Å². The van der Waals surface area contributed by atoms with Gasteiger partial charge in [-0.1, -0.05) is 28.9 Å². The Labute approximate surface area is 145 Å². The van der Waals surface area contributed by atoms with E-state index < -0.39 is 0 Å². The zero-order valence-electron chi connectivity index (χ0n) is 14.6. The molecule has 0 saturated carbocycles. The summed E-state index contributed by atoms with van der Waals surface area (Å²) in [6, 6.07) is 9.51. The Kier molecular flexibility index (Phi) is 4.56. The molecule has 0 unspecified atom stereocenters. The monoisotopic (exact) mass is 337 g/mol. The highest BCUT2D eigenvalue weighted by molar-refractivity contribution is 5.92. The molecular weight excluding hydrogens is 318 g/mol. The summed E-state index contributed by atoms with van der Waals surface area (Å²) < 4.78 is 5.28. The first kappa shape index (κ1) is 16.8. The number of amides is 1. The molecule has 0 spiro atoms. The highest BCUT2D eigenvalue weighted by Gasteiger charge is 2.18. The van der Waals surface area contributed by atoms with Gasteiger partial charge in [-0.3, -0.25) is 4.79 Å². The largest absolute Gasteiger partial charge is 0.337 e. The van der Waals surface area contributed by atoms with Gasteiger partial charge in [0.05, 0.1) is 0 Å². The van der Waals surface area contributed by atoms with Gasteiger partial charge in [0.15, 0.2) is 0 Å². The van der Waals surface area contributed by atoms with E-state index >= 15 is 0 Å². The van der Waals surface area contributed by atoms with Crippen molar-refractivity contribution in [1.82, 2.24) is 25.0 Å². The quantitative estimate of drug-likeness (QED) is 0.728. The third kappa shape index (κ3) is 3.88. The molecule has 2 aromatic heterocycles. The second-order valence-corrected chi connectivity index (χ2v) is 5.98. The van der Waals surface area contributed by atoms with Crippen LogP contribution in [0.15, 0.2) is 34.9 Å². The van der Waals surface area contributed by atoms with Gasteiger partial charge in [0.1, 0.15) is 18.1 Å². The van der Waals surface area contributed by atoms with Gasteiger partial charge in [0.25, 0.3) is 5.91 Å². The van der Waals surface area contributed by atoms with E-state index in [1.165, 1.54) is 4.90 Å². The number of hydrogen-bond acceptors (Lipinski definition) is 6. The number of aryl methyl sites for hydroxylation is 3. The van der Waals surface area contributed by atoms with E-state index in [2.05, 4.69) is 20.1 Å². The Morgan fingerprint density at radius 3 is 2.64 bits per heavy atom. The Bertz CT molecular complexity index is 899. The molecule has 0 saturated heterocycles. The topological polar surface area (TPSA) is 85.0 Å². The van der Waals surface area contributed by atoms with Crippen LogP contribution in [0.25, 0.3) is 11.4 Å². The Hall–Kier alpha value is -3.09. The van der Waals surface area contributed by atoms with Crippen molar-refractivity contribution in [3.05, 3.63) is 59.0 Å². The molecule has 25 heavy (non-hydrogen) atoms. The first-order chi connectivity index (χ1) is 11.9. The van der Waals surface area contributed by atoms with Gasteiger partial charge < -0.3 is 9.42 Å². The number of hydrogen-bond donors (Lipinski definition) is 0. The molecular formula is C18H19N5O2. The summed E-state index contributed by atoms with van der Waals surface area (Å²) in [5.74, 6) is 1.23. The van der Waals surface area contributed by atoms with Gasteiger partial charge in [0, 0.05) is 18.3 Å². The van der Waals surface area contributed by atoms with Gasteiger partial charge in [0.2, 0.25) is 11.7 Å². The maximum absolute atomic E-state index is 12.5. The predicted molar refractivity (Wildman–Crippen MR) is 91.8 cm³/mol. The van der Waals surface area contributed by atoms with Gasteiger partial charge >= 0.3 is 0 Å². The number of aromatic nitrogens is 4. The summed E-state index contributed by atoms with van der Waals surface area (Å²) in [5, 5.41) is 3.99. The van der Waals surface area contributed by atoms with Gasteiger partial charge in [-0.25, -0.2) is 9.97 Å². The van der Waals surface area contributed by atoms with Crippen LogP contribution in [0.2, 0.25) is 0 Å². The first-order valence-corrected chi connectivity index (χ1v) is 7.90. The average Bonchev–Trinajstić information content (AvgIpc) is 3.01. The van der Waals surface area contributed by atoms with Crippen LogP contribution >= 0.6 is 0 Å². The standard InChI is InChI=1S/C18H19N5O2/c1-11-6-5-7-14(8-11)17-21-16(25-22-17)10-23(4)18(24)15-9-12(2)19-13(3)20-15/h5-9H,10H2,1-4H3. The second-order valence-electron chi connectivity index (χ2n) is 5.98. The van der Waals surface area contributed by atoms with Crippen molar-refractivity contribution in [2.24, 2.45) is 0 Å². The van der Waals surface area contributed by atoms with Crippen molar-refractivity contribution in [2.75, 3.05) is 7.05 Å². The summed E-state index contributed by atoms with van der Waals surface area (Å²) in [5.41, 5.74) is 3.10. The average molecular weight is 337 g/mol. The normalized spacial score (nSPS) is 10.7.